The monoisotopic (exact) mass is 1930 g/mol. The standard InChI is InChI=1S/C29H24F4N6.C28H24ClFN6.C28H22F4N6.C23H16FN5/c30-26-6-5-22(29(31,32)33)13-25(26)27-14-24(23-4-3-7-35-28(23)37-27)20-12-19(15-34-16-20)21-17-36-39(18-21)11-10-38-8-1-2-9-38;29-22-5-6-26(30)25(13-22)27-14-24(23-4-3-7-32-28(23)34-27)20-12-19(15-31-16-20)21-17-33-36(18-21)11-10-35-8-1-2-9-35;29-25-4-3-20(28(30,31)32)11-24(25)26-12-23(22-2-1-7-35-27(22)37-26)18-10-17(13-34-14-18)19-15-36-38(16-19)21-5-8-33-9-6-21;1-29-14-17(13-27-29)15-9-16(12-25-11-15)20-10-22(19-5-2-3-7-21(19)24)28-23-18(20)6-4-8-26-23/h3-7,12-18H,1-2,8-11H2;3-7,12-18H,1-2,8-11H2;1-4,7,10-16,21,33H,5-6,8-9H2;2-14H,1H3. The van der Waals surface area contributed by atoms with Crippen molar-refractivity contribution in [2.24, 2.45) is 7.05 Å². The molecular formula is C108H86ClF10N23. The average molecular weight is 1930 g/mol. The lowest BCUT2D eigenvalue weighted by molar-refractivity contribution is -0.138. The number of nitrogens with one attached hydrogen (secondary N) is 1. The lowest BCUT2D eigenvalue weighted by atomic mass is 9.98. The van der Waals surface area contributed by atoms with Gasteiger partial charge in [-0.25, -0.2) is 57.4 Å². The van der Waals surface area contributed by atoms with Crippen molar-refractivity contribution in [3.63, 3.8) is 0 Å². The van der Waals surface area contributed by atoms with Gasteiger partial charge in [0, 0.05) is 235 Å². The van der Waals surface area contributed by atoms with Crippen LogP contribution >= 0.6 is 11.6 Å². The van der Waals surface area contributed by atoms with Crippen molar-refractivity contribution in [1.82, 2.24) is 114 Å². The maximum Gasteiger partial charge on any atom is 0.416 e. The maximum absolute atomic E-state index is 14.8. The number of aryl methyl sites for hydroxylation is 1. The van der Waals surface area contributed by atoms with Crippen molar-refractivity contribution in [2.45, 2.75) is 70.0 Å². The van der Waals surface area contributed by atoms with Crippen LogP contribution in [0.25, 0.3) is 178 Å². The van der Waals surface area contributed by atoms with Crippen LogP contribution < -0.4 is 5.32 Å². The normalized spacial score (nSPS) is 13.7. The Bertz CT molecular complexity index is 8000. The Morgan fingerprint density at radius 1 is 0.324 bits per heavy atom. The molecule has 4 aromatic carbocycles. The van der Waals surface area contributed by atoms with E-state index in [0.717, 1.165) is 179 Å². The fourth-order valence-electron chi connectivity index (χ4n) is 18.0. The summed E-state index contributed by atoms with van der Waals surface area (Å²) in [5, 5.41) is 24.8. The third-order valence-corrected chi connectivity index (χ3v) is 25.5. The summed E-state index contributed by atoms with van der Waals surface area (Å²) >= 11 is 6.16. The van der Waals surface area contributed by atoms with Crippen LogP contribution in [0.3, 0.4) is 0 Å². The molecular weight excluding hydrogens is 1840 g/mol. The van der Waals surface area contributed by atoms with Gasteiger partial charge >= 0.3 is 12.4 Å². The van der Waals surface area contributed by atoms with Crippen LogP contribution in [0.5, 0.6) is 0 Å². The molecule has 20 aromatic rings. The number of likely N-dealkylation sites (tertiary alicyclic amines) is 2. The summed E-state index contributed by atoms with van der Waals surface area (Å²) in [4.78, 5) is 58.1. The van der Waals surface area contributed by atoms with Crippen LogP contribution in [0.1, 0.15) is 55.7 Å². The van der Waals surface area contributed by atoms with E-state index in [1.165, 1.54) is 69.4 Å². The Hall–Kier alpha value is -16.0. The molecule has 1 N–H and O–H groups in total. The number of alkyl halides is 6. The van der Waals surface area contributed by atoms with Gasteiger partial charge in [0.25, 0.3) is 0 Å². The lowest BCUT2D eigenvalue weighted by Gasteiger charge is -2.22. The minimum Gasteiger partial charge on any atom is -0.317 e. The molecule has 0 aliphatic carbocycles. The minimum absolute atomic E-state index is 0.0546. The van der Waals surface area contributed by atoms with E-state index >= 15 is 0 Å². The summed E-state index contributed by atoms with van der Waals surface area (Å²) in [7, 11) is 1.88. The summed E-state index contributed by atoms with van der Waals surface area (Å²) in [5.41, 5.74) is 14.8. The summed E-state index contributed by atoms with van der Waals surface area (Å²) in [6.07, 6.45) is 33.6. The van der Waals surface area contributed by atoms with Crippen LogP contribution in [0, 0.1) is 23.3 Å². The number of halogens is 11. The zero-order valence-corrected chi connectivity index (χ0v) is 76.9. The second-order valence-corrected chi connectivity index (χ2v) is 35.2. The molecule has 3 fully saturated rings. The third-order valence-electron chi connectivity index (χ3n) is 25.3. The number of hydrogen-bond acceptors (Lipinski definition) is 19. The molecule has 0 unspecified atom stereocenters. The van der Waals surface area contributed by atoms with Gasteiger partial charge in [-0.2, -0.15) is 46.7 Å². The quantitative estimate of drug-likeness (QED) is 0.0739. The minimum atomic E-state index is -4.61. The van der Waals surface area contributed by atoms with Gasteiger partial charge in [-0.05, 0) is 264 Å². The van der Waals surface area contributed by atoms with Crippen molar-refractivity contribution in [2.75, 3.05) is 52.4 Å². The Morgan fingerprint density at radius 2 is 0.669 bits per heavy atom. The molecule has 34 heteroatoms. The van der Waals surface area contributed by atoms with E-state index in [4.69, 9.17) is 11.6 Å². The molecule has 0 saturated carbocycles. The zero-order chi connectivity index (χ0) is 97.5. The first kappa shape index (κ1) is 93.7. The number of fused-ring (bicyclic) bond motifs is 4. The van der Waals surface area contributed by atoms with Crippen LogP contribution in [0.4, 0.5) is 43.9 Å². The number of aromatic nitrogens is 20. The van der Waals surface area contributed by atoms with Crippen LogP contribution in [-0.2, 0) is 32.5 Å². The van der Waals surface area contributed by atoms with Crippen LogP contribution in [0.15, 0.2) is 300 Å². The Balaban J connectivity index is 0.000000116. The number of benzene rings is 4. The highest BCUT2D eigenvalue weighted by Gasteiger charge is 2.34. The maximum atomic E-state index is 14.8. The predicted octanol–water partition coefficient (Wildman–Crippen LogP) is 23.8. The first-order chi connectivity index (χ1) is 69.0. The molecule has 16 aromatic heterocycles. The fraction of sp³-hybridized carbons (Fsp3) is 0.185. The first-order valence-electron chi connectivity index (χ1n) is 46.1. The van der Waals surface area contributed by atoms with Gasteiger partial charge in [0.15, 0.2) is 22.6 Å². The summed E-state index contributed by atoms with van der Waals surface area (Å²) < 4.78 is 147. The molecule has 0 amide bonds. The van der Waals surface area contributed by atoms with Crippen molar-refractivity contribution in [1.29, 1.82) is 0 Å². The molecule has 710 valence electrons. The van der Waals surface area contributed by atoms with E-state index in [1.54, 1.807) is 128 Å². The fourth-order valence-corrected chi connectivity index (χ4v) is 18.1. The van der Waals surface area contributed by atoms with Gasteiger partial charge in [-0.15, -0.1) is 0 Å². The number of pyridine rings is 12. The smallest absolute Gasteiger partial charge is 0.317 e. The second-order valence-electron chi connectivity index (χ2n) is 34.7. The largest absolute Gasteiger partial charge is 0.416 e. The highest BCUT2D eigenvalue weighted by molar-refractivity contribution is 6.30. The molecule has 0 bridgehead atoms. The topological polar surface area (TPSA) is 244 Å². The van der Waals surface area contributed by atoms with Crippen molar-refractivity contribution in [3.05, 3.63) is 339 Å². The van der Waals surface area contributed by atoms with Gasteiger partial charge in [-0.1, -0.05) is 23.7 Å². The molecule has 142 heavy (non-hydrogen) atoms. The van der Waals surface area contributed by atoms with Gasteiger partial charge in [0.05, 0.1) is 77.8 Å². The van der Waals surface area contributed by atoms with E-state index < -0.39 is 35.1 Å². The van der Waals surface area contributed by atoms with E-state index in [-0.39, 0.29) is 34.1 Å². The van der Waals surface area contributed by atoms with E-state index in [9.17, 15) is 43.9 Å². The SMILES string of the molecule is Cn1cc(-c2cncc(-c3cc(-c4ccccc4F)nc4ncccc34)c2)cn1.Fc1ccc(C(F)(F)F)cc1-c1cc(-c2cncc(-c3cnn(C4CCNCC4)c3)c2)c2cccnc2n1.Fc1ccc(C(F)(F)F)cc1-c1cc(-c2cncc(-c3cnn(CCN4CCCC4)c3)c2)c2cccnc2n1.Fc1ccc(Cl)cc1-c1cc(-c2cncc(-c3cnn(CCN4CCCC4)c3)c2)c2cccnc2n1. The molecule has 0 atom stereocenters. The highest BCUT2D eigenvalue weighted by Crippen LogP contribution is 2.43. The Morgan fingerprint density at radius 3 is 1.06 bits per heavy atom. The Kier molecular flexibility index (Phi) is 27.2. The second kappa shape index (κ2) is 41.2. The lowest BCUT2D eigenvalue weighted by Crippen LogP contribution is -2.29. The van der Waals surface area contributed by atoms with E-state index in [2.05, 4.69) is 114 Å². The number of nitrogens with zero attached hydrogens (tertiary/aromatic N) is 22. The summed E-state index contributed by atoms with van der Waals surface area (Å²) in [6.45, 7) is 10.1. The highest BCUT2D eigenvalue weighted by atomic mass is 35.5. The van der Waals surface area contributed by atoms with Crippen molar-refractivity contribution < 1.29 is 43.9 Å². The van der Waals surface area contributed by atoms with E-state index in [0.29, 0.717) is 89.2 Å². The van der Waals surface area contributed by atoms with E-state index in [1.807, 2.05) is 113 Å². The van der Waals surface area contributed by atoms with Gasteiger partial charge in [-0.3, -0.25) is 38.7 Å². The molecule has 3 aliphatic rings. The van der Waals surface area contributed by atoms with Crippen molar-refractivity contribution >= 4 is 55.7 Å². The summed E-state index contributed by atoms with van der Waals surface area (Å²) in [6, 6.07) is 45.8. The number of hydrogen-bond donors (Lipinski definition) is 1. The Labute approximate surface area is 811 Å². The molecule has 19 heterocycles. The average Bonchev–Trinajstić information content (AvgIpc) is 1.75. The molecule has 3 saturated heterocycles. The van der Waals surface area contributed by atoms with Gasteiger partial charge < -0.3 is 15.1 Å². The van der Waals surface area contributed by atoms with Crippen LogP contribution in [0.2, 0.25) is 5.02 Å². The predicted molar refractivity (Wildman–Crippen MR) is 526 cm³/mol. The van der Waals surface area contributed by atoms with Gasteiger partial charge in [0.2, 0.25) is 0 Å². The zero-order valence-electron chi connectivity index (χ0n) is 76.2. The number of piperidine rings is 1. The van der Waals surface area contributed by atoms with Gasteiger partial charge in [0.1, 0.15) is 23.3 Å². The molecule has 0 spiro atoms. The molecule has 23 nitrogen and oxygen atoms in total. The molecule has 23 rings (SSSR count). The first-order valence-corrected chi connectivity index (χ1v) is 46.5. The summed E-state index contributed by atoms with van der Waals surface area (Å²) in [5.74, 6) is -2.31. The molecule has 3 aliphatic heterocycles. The number of rotatable bonds is 19. The third kappa shape index (κ3) is 21.1. The van der Waals surface area contributed by atoms with Crippen LogP contribution in [-0.4, -0.2) is 161 Å². The molecule has 0 radical (unpaired) electrons. The van der Waals surface area contributed by atoms with Crippen molar-refractivity contribution in [3.8, 4) is 134 Å².